The fourth-order valence-electron chi connectivity index (χ4n) is 4.00. The number of primary amides is 1. The monoisotopic (exact) mass is 557 g/mol. The fraction of sp³-hybridized carbons (Fsp3) is 0.333. The number of amidine groups is 1. The molecule has 3 heterocycles. The van der Waals surface area contributed by atoms with Crippen LogP contribution in [0.15, 0.2) is 50.5 Å². The molecule has 13 heteroatoms. The molecule has 1 unspecified atom stereocenters. The molecule has 2 aliphatic heterocycles. The highest BCUT2D eigenvalue weighted by Gasteiger charge is 2.48. The Bertz CT molecular complexity index is 1190. The standard InChI is InChI=1S/C21H19BrF3N5O3S/c1-33-20(32)15-13(8-30-9-21(24,25)7-14(30)17(26)31)28-18(19-27-4-5-34-19)29-16(15)11-3-2-10(23)6-12(11)22/h2-6,14,16H,7-9H2,1H3,(H2,26,31)(H,28,29)/t14-,16?/m0/s1. The summed E-state index contributed by atoms with van der Waals surface area (Å²) in [5.74, 6) is -4.97. The summed E-state index contributed by atoms with van der Waals surface area (Å²) in [6.45, 7) is -0.942. The van der Waals surface area contributed by atoms with Gasteiger partial charge in [-0.05, 0) is 17.7 Å². The molecule has 0 bridgehead atoms. The Kier molecular flexibility index (Phi) is 6.78. The van der Waals surface area contributed by atoms with E-state index in [1.807, 2.05) is 0 Å². The van der Waals surface area contributed by atoms with Gasteiger partial charge in [-0.3, -0.25) is 14.7 Å². The van der Waals surface area contributed by atoms with E-state index in [4.69, 9.17) is 10.5 Å². The number of amides is 1. The molecule has 1 amide bonds. The van der Waals surface area contributed by atoms with Crippen LogP contribution in [0.2, 0.25) is 0 Å². The third-order valence-corrected chi connectivity index (χ3v) is 6.95. The lowest BCUT2D eigenvalue weighted by atomic mass is 9.95. The van der Waals surface area contributed by atoms with Gasteiger partial charge in [0.05, 0.1) is 25.3 Å². The Hall–Kier alpha value is -2.77. The smallest absolute Gasteiger partial charge is 0.338 e. The maximum Gasteiger partial charge on any atom is 0.338 e. The van der Waals surface area contributed by atoms with Crippen LogP contribution < -0.4 is 11.1 Å². The molecule has 2 aliphatic rings. The number of rotatable bonds is 6. The third kappa shape index (κ3) is 4.86. The number of methoxy groups -OCH3 is 1. The van der Waals surface area contributed by atoms with Crippen LogP contribution in [0.4, 0.5) is 13.2 Å². The Morgan fingerprint density at radius 2 is 2.18 bits per heavy atom. The van der Waals surface area contributed by atoms with Gasteiger partial charge in [0.15, 0.2) is 10.8 Å². The van der Waals surface area contributed by atoms with Crippen LogP contribution in [0.25, 0.3) is 0 Å². The van der Waals surface area contributed by atoms with Crippen molar-refractivity contribution < 1.29 is 27.5 Å². The van der Waals surface area contributed by atoms with Gasteiger partial charge in [-0.2, -0.15) is 0 Å². The number of esters is 1. The van der Waals surface area contributed by atoms with E-state index in [0.717, 1.165) is 0 Å². The van der Waals surface area contributed by atoms with E-state index in [-0.39, 0.29) is 17.8 Å². The van der Waals surface area contributed by atoms with Gasteiger partial charge in [0, 0.05) is 34.7 Å². The summed E-state index contributed by atoms with van der Waals surface area (Å²) < 4.78 is 47.4. The predicted octanol–water partition coefficient (Wildman–Crippen LogP) is 2.76. The molecular weight excluding hydrogens is 539 g/mol. The normalized spacial score (nSPS) is 22.3. The molecule has 3 N–H and O–H groups in total. The third-order valence-electron chi connectivity index (χ3n) is 5.48. The molecule has 34 heavy (non-hydrogen) atoms. The molecule has 2 aromatic rings. The minimum Gasteiger partial charge on any atom is -0.466 e. The molecule has 1 saturated heterocycles. The van der Waals surface area contributed by atoms with Crippen molar-refractivity contribution in [2.75, 3.05) is 20.2 Å². The number of likely N-dealkylation sites (tertiary alicyclic amines) is 1. The van der Waals surface area contributed by atoms with E-state index in [1.165, 1.54) is 41.5 Å². The minimum atomic E-state index is -3.12. The molecule has 0 radical (unpaired) electrons. The van der Waals surface area contributed by atoms with Crippen molar-refractivity contribution in [3.63, 3.8) is 0 Å². The lowest BCUT2D eigenvalue weighted by Gasteiger charge is -2.30. The number of nitrogens with one attached hydrogen (secondary N) is 1. The van der Waals surface area contributed by atoms with Crippen LogP contribution in [-0.2, 0) is 14.3 Å². The lowest BCUT2D eigenvalue weighted by molar-refractivity contribution is -0.136. The topological polar surface area (TPSA) is 110 Å². The highest BCUT2D eigenvalue weighted by molar-refractivity contribution is 9.10. The fourth-order valence-corrected chi connectivity index (χ4v) is 5.16. The van der Waals surface area contributed by atoms with Crippen molar-refractivity contribution in [1.29, 1.82) is 0 Å². The number of ether oxygens (including phenoxy) is 1. The first kappa shape index (κ1) is 24.4. The molecule has 180 valence electrons. The van der Waals surface area contributed by atoms with E-state index < -0.39 is 48.7 Å². The van der Waals surface area contributed by atoms with Gasteiger partial charge in [-0.25, -0.2) is 22.9 Å². The number of benzene rings is 1. The molecule has 1 aromatic heterocycles. The average Bonchev–Trinajstić information content (AvgIpc) is 3.40. The minimum absolute atomic E-state index is 0.0357. The summed E-state index contributed by atoms with van der Waals surface area (Å²) in [4.78, 5) is 34.8. The number of nitrogens with zero attached hydrogens (tertiary/aromatic N) is 3. The van der Waals surface area contributed by atoms with Gasteiger partial charge in [-0.1, -0.05) is 22.0 Å². The van der Waals surface area contributed by atoms with Gasteiger partial charge in [-0.15, -0.1) is 11.3 Å². The Morgan fingerprint density at radius 1 is 1.41 bits per heavy atom. The highest BCUT2D eigenvalue weighted by Crippen LogP contribution is 2.38. The maximum atomic E-state index is 14.2. The largest absolute Gasteiger partial charge is 0.466 e. The molecular formula is C21H19BrF3N5O3S. The molecule has 0 aliphatic carbocycles. The second-order valence-corrected chi connectivity index (χ2v) is 9.52. The van der Waals surface area contributed by atoms with Gasteiger partial charge in [0.25, 0.3) is 5.92 Å². The average molecular weight is 558 g/mol. The highest BCUT2D eigenvalue weighted by atomic mass is 79.9. The van der Waals surface area contributed by atoms with Gasteiger partial charge in [0.2, 0.25) is 5.91 Å². The van der Waals surface area contributed by atoms with Crippen molar-refractivity contribution in [2.24, 2.45) is 10.7 Å². The van der Waals surface area contributed by atoms with Crippen molar-refractivity contribution in [2.45, 2.75) is 24.4 Å². The van der Waals surface area contributed by atoms with Gasteiger partial charge in [0.1, 0.15) is 11.9 Å². The van der Waals surface area contributed by atoms with E-state index in [1.54, 1.807) is 11.6 Å². The maximum absolute atomic E-state index is 14.2. The van der Waals surface area contributed by atoms with Gasteiger partial charge >= 0.3 is 5.97 Å². The van der Waals surface area contributed by atoms with E-state index in [9.17, 15) is 22.8 Å². The number of carbonyl (C=O) groups is 2. The zero-order chi connectivity index (χ0) is 24.6. The van der Waals surface area contributed by atoms with E-state index in [0.29, 0.717) is 20.9 Å². The number of aromatic nitrogens is 1. The molecule has 1 fully saturated rings. The summed E-state index contributed by atoms with van der Waals surface area (Å²) in [5, 5.41) is 5.23. The predicted molar refractivity (Wildman–Crippen MR) is 122 cm³/mol. The number of nitrogens with two attached hydrogens (primary N) is 1. The number of aliphatic imine (C=N–C) groups is 1. The van der Waals surface area contributed by atoms with Crippen LogP contribution in [0.3, 0.4) is 0 Å². The summed E-state index contributed by atoms with van der Waals surface area (Å²) >= 11 is 4.59. The molecule has 8 nitrogen and oxygen atoms in total. The molecule has 2 atom stereocenters. The van der Waals surface area contributed by atoms with Crippen molar-refractivity contribution in [3.8, 4) is 0 Å². The molecule has 1 aromatic carbocycles. The van der Waals surface area contributed by atoms with E-state index in [2.05, 4.69) is 31.2 Å². The quantitative estimate of drug-likeness (QED) is 0.528. The second kappa shape index (κ2) is 9.47. The van der Waals surface area contributed by atoms with Crippen molar-refractivity contribution in [1.82, 2.24) is 15.2 Å². The molecule has 0 spiro atoms. The first-order valence-electron chi connectivity index (χ1n) is 10.0. The van der Waals surface area contributed by atoms with E-state index >= 15 is 0 Å². The summed E-state index contributed by atoms with van der Waals surface area (Å²) in [6, 6.07) is 1.73. The van der Waals surface area contributed by atoms with Crippen LogP contribution in [0.1, 0.15) is 23.0 Å². The second-order valence-electron chi connectivity index (χ2n) is 7.78. The molecule has 0 saturated carbocycles. The number of alkyl halides is 2. The Balaban J connectivity index is 1.84. The first-order valence-corrected chi connectivity index (χ1v) is 11.7. The zero-order valence-electron chi connectivity index (χ0n) is 17.7. The van der Waals surface area contributed by atoms with Crippen molar-refractivity contribution >= 4 is 45.0 Å². The number of hydrogen-bond acceptors (Lipinski definition) is 8. The summed E-state index contributed by atoms with van der Waals surface area (Å²) in [5.41, 5.74) is 6.07. The van der Waals surface area contributed by atoms with Gasteiger partial charge < -0.3 is 15.8 Å². The number of thiazole rings is 1. The summed E-state index contributed by atoms with van der Waals surface area (Å²) in [7, 11) is 1.18. The number of halogens is 4. The Morgan fingerprint density at radius 3 is 2.79 bits per heavy atom. The first-order chi connectivity index (χ1) is 16.1. The van der Waals surface area contributed by atoms with Crippen LogP contribution in [-0.4, -0.2) is 59.8 Å². The SMILES string of the molecule is COC(=O)C1=C(CN2CC(F)(F)C[C@H]2C(N)=O)NC(c2nccs2)=NC1c1ccc(F)cc1Br. The lowest BCUT2D eigenvalue weighted by Crippen LogP contribution is -2.45. The number of carbonyl (C=O) groups excluding carboxylic acids is 2. The van der Waals surface area contributed by atoms with Crippen molar-refractivity contribution in [3.05, 3.63) is 61.9 Å². The number of hydrogen-bond donors (Lipinski definition) is 2. The zero-order valence-corrected chi connectivity index (χ0v) is 20.1. The van der Waals surface area contributed by atoms with Crippen LogP contribution in [0, 0.1) is 5.82 Å². The Labute approximate surface area is 204 Å². The molecule has 4 rings (SSSR count). The van der Waals surface area contributed by atoms with Crippen LogP contribution in [0.5, 0.6) is 0 Å². The van der Waals surface area contributed by atoms with Crippen LogP contribution >= 0.6 is 27.3 Å². The summed E-state index contributed by atoms with van der Waals surface area (Å²) in [6.07, 6.45) is 0.847.